The number of amides is 2. The Bertz CT molecular complexity index is 1160. The Labute approximate surface area is 174 Å². The molecule has 0 spiro atoms. The van der Waals surface area contributed by atoms with E-state index in [0.717, 1.165) is 36.2 Å². The normalized spacial score (nSPS) is 17.5. The van der Waals surface area contributed by atoms with E-state index in [4.69, 9.17) is 10.5 Å². The zero-order valence-corrected chi connectivity index (χ0v) is 16.8. The molecule has 3 N–H and O–H groups in total. The molecule has 0 fully saturated rings. The smallest absolute Gasteiger partial charge is 0.262 e. The van der Waals surface area contributed by atoms with Gasteiger partial charge in [-0.1, -0.05) is 6.92 Å². The highest BCUT2D eigenvalue weighted by atomic mass is 16.5. The summed E-state index contributed by atoms with van der Waals surface area (Å²) in [5.74, 6) is 0.746. The number of rotatable bonds is 3. The topological polar surface area (TPSA) is 86.3 Å². The highest BCUT2D eigenvalue weighted by Gasteiger charge is 2.24. The van der Waals surface area contributed by atoms with Crippen molar-refractivity contribution in [3.63, 3.8) is 0 Å². The first-order chi connectivity index (χ1) is 14.5. The number of carbonyl (C=O) groups excluding carboxylic acids is 2. The number of hydrogen-bond donors (Lipinski definition) is 2. The molecule has 2 aromatic carbocycles. The van der Waals surface area contributed by atoms with Gasteiger partial charge in [-0.15, -0.1) is 0 Å². The second-order valence-corrected chi connectivity index (χ2v) is 8.14. The number of nitrogens with two attached hydrogens (primary N) is 1. The lowest BCUT2D eigenvalue weighted by molar-refractivity contribution is -0.118. The van der Waals surface area contributed by atoms with Gasteiger partial charge in [0.25, 0.3) is 5.91 Å². The minimum absolute atomic E-state index is 0.0428. The monoisotopic (exact) mass is 401 g/mol. The molecule has 0 saturated heterocycles. The molecule has 2 heterocycles. The Hall–Kier alpha value is -3.54. The molecule has 2 amide bonds. The Balaban J connectivity index is 1.66. The molecule has 1 aliphatic heterocycles. The first kappa shape index (κ1) is 18.5. The predicted molar refractivity (Wildman–Crippen MR) is 115 cm³/mol. The Morgan fingerprint density at radius 1 is 1.17 bits per heavy atom. The second-order valence-electron chi connectivity index (χ2n) is 8.14. The lowest BCUT2D eigenvalue weighted by atomic mass is 9.89. The van der Waals surface area contributed by atoms with Gasteiger partial charge in [0.2, 0.25) is 5.91 Å². The van der Waals surface area contributed by atoms with E-state index in [1.807, 2.05) is 30.3 Å². The van der Waals surface area contributed by atoms with E-state index in [1.54, 1.807) is 12.1 Å². The van der Waals surface area contributed by atoms with Crippen molar-refractivity contribution in [2.24, 2.45) is 11.7 Å². The molecular formula is C24H23N3O3. The van der Waals surface area contributed by atoms with Crippen LogP contribution in [-0.2, 0) is 17.6 Å². The van der Waals surface area contributed by atoms with Gasteiger partial charge < -0.3 is 20.4 Å². The molecule has 5 rings (SSSR count). The summed E-state index contributed by atoms with van der Waals surface area (Å²) in [7, 11) is 0. The highest BCUT2D eigenvalue weighted by Crippen LogP contribution is 2.38. The Kier molecular flexibility index (Phi) is 4.35. The average molecular weight is 401 g/mol. The summed E-state index contributed by atoms with van der Waals surface area (Å²) in [6.45, 7) is 2.33. The van der Waals surface area contributed by atoms with Gasteiger partial charge in [-0.2, -0.15) is 0 Å². The van der Waals surface area contributed by atoms with Crippen LogP contribution in [0.25, 0.3) is 16.9 Å². The number of ether oxygens (including phenoxy) is 1. The molecule has 1 unspecified atom stereocenters. The zero-order valence-electron chi connectivity index (χ0n) is 16.8. The fourth-order valence-corrected chi connectivity index (χ4v) is 4.44. The summed E-state index contributed by atoms with van der Waals surface area (Å²) < 4.78 is 7.77. The van der Waals surface area contributed by atoms with Crippen LogP contribution >= 0.6 is 0 Å². The van der Waals surface area contributed by atoms with Crippen molar-refractivity contribution in [1.29, 1.82) is 0 Å². The van der Waals surface area contributed by atoms with Gasteiger partial charge in [-0.05, 0) is 79.3 Å². The Morgan fingerprint density at radius 2 is 1.97 bits per heavy atom. The first-order valence-corrected chi connectivity index (χ1v) is 10.2. The lowest BCUT2D eigenvalue weighted by Crippen LogP contribution is -2.25. The average Bonchev–Trinajstić information content (AvgIpc) is 3.11. The molecule has 1 aliphatic carbocycles. The SMILES string of the molecule is CC1CCc2c(cc(-c3ccc4c(c3)NC(=O)CO4)n2-c2ccc(C(N)=O)cc2)C1. The summed E-state index contributed by atoms with van der Waals surface area (Å²) in [6, 6.07) is 15.5. The summed E-state index contributed by atoms with van der Waals surface area (Å²) in [6.07, 6.45) is 3.18. The van der Waals surface area contributed by atoms with E-state index in [9.17, 15) is 9.59 Å². The van der Waals surface area contributed by atoms with Gasteiger partial charge in [0.15, 0.2) is 6.61 Å². The quantitative estimate of drug-likeness (QED) is 0.702. The summed E-state index contributed by atoms with van der Waals surface area (Å²) >= 11 is 0. The van der Waals surface area contributed by atoms with Gasteiger partial charge in [-0.25, -0.2) is 0 Å². The van der Waals surface area contributed by atoms with Crippen LogP contribution in [0, 0.1) is 5.92 Å². The third-order valence-corrected chi connectivity index (χ3v) is 5.95. The molecule has 0 saturated carbocycles. The third-order valence-electron chi connectivity index (χ3n) is 5.95. The van der Waals surface area contributed by atoms with E-state index < -0.39 is 5.91 Å². The van der Waals surface area contributed by atoms with E-state index in [1.165, 1.54) is 11.3 Å². The second kappa shape index (κ2) is 7.06. The van der Waals surface area contributed by atoms with Gasteiger partial charge in [0, 0.05) is 22.5 Å². The van der Waals surface area contributed by atoms with Crippen LogP contribution in [0.5, 0.6) is 5.75 Å². The highest BCUT2D eigenvalue weighted by molar-refractivity contribution is 5.96. The molecule has 1 atom stereocenters. The van der Waals surface area contributed by atoms with Gasteiger partial charge in [-0.3, -0.25) is 9.59 Å². The van der Waals surface area contributed by atoms with Crippen molar-refractivity contribution in [3.8, 4) is 22.7 Å². The lowest BCUT2D eigenvalue weighted by Gasteiger charge is -2.22. The summed E-state index contributed by atoms with van der Waals surface area (Å²) in [5.41, 5.74) is 12.3. The van der Waals surface area contributed by atoms with Crippen LogP contribution in [0.4, 0.5) is 5.69 Å². The third kappa shape index (κ3) is 3.14. The maximum Gasteiger partial charge on any atom is 0.262 e. The molecule has 6 nitrogen and oxygen atoms in total. The van der Waals surface area contributed by atoms with Crippen molar-refractivity contribution in [2.75, 3.05) is 11.9 Å². The minimum atomic E-state index is -0.435. The Morgan fingerprint density at radius 3 is 2.73 bits per heavy atom. The number of nitrogens with zero attached hydrogens (tertiary/aromatic N) is 1. The number of fused-ring (bicyclic) bond motifs is 2. The van der Waals surface area contributed by atoms with Crippen LogP contribution in [0.3, 0.4) is 0 Å². The van der Waals surface area contributed by atoms with Crippen LogP contribution in [0.2, 0.25) is 0 Å². The maximum atomic E-state index is 11.8. The molecule has 3 aromatic rings. The van der Waals surface area contributed by atoms with Crippen molar-refractivity contribution >= 4 is 17.5 Å². The van der Waals surface area contributed by atoms with Crippen LogP contribution in [0.15, 0.2) is 48.5 Å². The number of primary amides is 1. The summed E-state index contributed by atoms with van der Waals surface area (Å²) in [5, 5.41) is 2.89. The van der Waals surface area contributed by atoms with E-state index in [0.29, 0.717) is 22.9 Å². The van der Waals surface area contributed by atoms with Crippen molar-refractivity contribution < 1.29 is 14.3 Å². The maximum absolute atomic E-state index is 11.8. The zero-order chi connectivity index (χ0) is 20.8. The number of anilines is 1. The van der Waals surface area contributed by atoms with Crippen molar-refractivity contribution in [3.05, 3.63) is 65.4 Å². The molecule has 0 radical (unpaired) electrons. The number of carbonyl (C=O) groups is 2. The van der Waals surface area contributed by atoms with Gasteiger partial charge in [0.05, 0.1) is 11.4 Å². The number of aromatic nitrogens is 1. The first-order valence-electron chi connectivity index (χ1n) is 10.2. The van der Waals surface area contributed by atoms with Gasteiger partial charge in [0.1, 0.15) is 5.75 Å². The molecule has 152 valence electrons. The number of nitrogens with one attached hydrogen (secondary N) is 1. The molecule has 0 bridgehead atoms. The largest absolute Gasteiger partial charge is 0.482 e. The van der Waals surface area contributed by atoms with E-state index >= 15 is 0 Å². The molecule has 30 heavy (non-hydrogen) atoms. The van der Waals surface area contributed by atoms with E-state index in [2.05, 4.69) is 22.9 Å². The predicted octanol–water partition coefficient (Wildman–Crippen LogP) is 3.70. The van der Waals surface area contributed by atoms with Crippen LogP contribution < -0.4 is 15.8 Å². The number of hydrogen-bond acceptors (Lipinski definition) is 3. The van der Waals surface area contributed by atoms with Gasteiger partial charge >= 0.3 is 0 Å². The van der Waals surface area contributed by atoms with E-state index in [-0.39, 0.29) is 12.5 Å². The van der Waals surface area contributed by atoms with Crippen LogP contribution in [0.1, 0.15) is 35.0 Å². The molecule has 1 aromatic heterocycles. The summed E-state index contributed by atoms with van der Waals surface area (Å²) in [4.78, 5) is 23.3. The molecule has 2 aliphatic rings. The van der Waals surface area contributed by atoms with Crippen molar-refractivity contribution in [2.45, 2.75) is 26.2 Å². The fraction of sp³-hybridized carbons (Fsp3) is 0.250. The minimum Gasteiger partial charge on any atom is -0.482 e. The number of benzene rings is 2. The standard InChI is InChI=1S/C24H23N3O3/c1-14-2-8-20-17(10-14)12-21(27(20)18-6-3-15(4-7-18)24(25)29)16-5-9-22-19(11-16)26-23(28)13-30-22/h3-7,9,11-12,14H,2,8,10,13H2,1H3,(H2,25,29)(H,26,28). The molecule has 6 heteroatoms. The molecular weight excluding hydrogens is 378 g/mol. The fourth-order valence-electron chi connectivity index (χ4n) is 4.44. The van der Waals surface area contributed by atoms with Crippen molar-refractivity contribution in [1.82, 2.24) is 4.57 Å². The van der Waals surface area contributed by atoms with Crippen LogP contribution in [-0.4, -0.2) is 23.0 Å².